The van der Waals surface area contributed by atoms with Gasteiger partial charge in [-0.25, -0.2) is 4.79 Å². The first-order valence-electron chi connectivity index (χ1n) is 4.35. The maximum absolute atomic E-state index is 11.6. The molecule has 0 aliphatic heterocycles. The molecule has 1 aromatic rings. The molecule has 1 rings (SSSR count). The van der Waals surface area contributed by atoms with E-state index in [2.05, 4.69) is 0 Å². The second kappa shape index (κ2) is 3.91. The lowest BCUT2D eigenvalue weighted by Gasteiger charge is -2.19. The molecule has 80 valence electrons. The van der Waals surface area contributed by atoms with E-state index < -0.39 is 11.6 Å². The maximum atomic E-state index is 11.6. The van der Waals surface area contributed by atoms with Gasteiger partial charge >= 0.3 is 5.97 Å². The van der Waals surface area contributed by atoms with Gasteiger partial charge in [-0.15, -0.1) is 11.3 Å². The molecule has 0 saturated carbocycles. The number of hydrogen-bond donors (Lipinski definition) is 1. The SMILES string of the molecule is CC(C)(C)OC(=O)c1csc(C#N)c1N. The lowest BCUT2D eigenvalue weighted by molar-refractivity contribution is 0.00714. The number of rotatable bonds is 1. The van der Waals surface area contributed by atoms with Crippen molar-refractivity contribution in [2.24, 2.45) is 0 Å². The van der Waals surface area contributed by atoms with Crippen LogP contribution in [0.1, 0.15) is 36.0 Å². The lowest BCUT2D eigenvalue weighted by atomic mass is 10.2. The van der Waals surface area contributed by atoms with E-state index in [1.54, 1.807) is 26.2 Å². The van der Waals surface area contributed by atoms with Crippen LogP contribution in [0.25, 0.3) is 0 Å². The molecule has 0 spiro atoms. The van der Waals surface area contributed by atoms with Gasteiger partial charge in [0.25, 0.3) is 0 Å². The summed E-state index contributed by atoms with van der Waals surface area (Å²) in [5.74, 6) is -0.488. The summed E-state index contributed by atoms with van der Waals surface area (Å²) in [5.41, 5.74) is 5.54. The average molecular weight is 224 g/mol. The molecule has 1 heterocycles. The summed E-state index contributed by atoms with van der Waals surface area (Å²) < 4.78 is 5.14. The highest BCUT2D eigenvalue weighted by Crippen LogP contribution is 2.26. The van der Waals surface area contributed by atoms with E-state index in [0.717, 1.165) is 11.3 Å². The van der Waals surface area contributed by atoms with E-state index in [-0.39, 0.29) is 11.3 Å². The highest BCUT2D eigenvalue weighted by molar-refractivity contribution is 7.11. The van der Waals surface area contributed by atoms with E-state index in [9.17, 15) is 4.79 Å². The summed E-state index contributed by atoms with van der Waals surface area (Å²) in [6, 6.07) is 1.92. The van der Waals surface area contributed by atoms with Crippen molar-refractivity contribution < 1.29 is 9.53 Å². The molecule has 0 saturated heterocycles. The Hall–Kier alpha value is -1.54. The lowest BCUT2D eigenvalue weighted by Crippen LogP contribution is -2.24. The van der Waals surface area contributed by atoms with E-state index in [0.29, 0.717) is 4.88 Å². The number of hydrogen-bond acceptors (Lipinski definition) is 5. The number of nitrogens with two attached hydrogens (primary N) is 1. The molecule has 0 aliphatic rings. The topological polar surface area (TPSA) is 76.1 Å². The Morgan fingerprint density at radius 2 is 2.20 bits per heavy atom. The van der Waals surface area contributed by atoms with Crippen molar-refractivity contribution >= 4 is 23.0 Å². The van der Waals surface area contributed by atoms with Crippen LogP contribution in [0.4, 0.5) is 5.69 Å². The molecule has 0 unspecified atom stereocenters. The fourth-order valence-electron chi connectivity index (χ4n) is 0.945. The smallest absolute Gasteiger partial charge is 0.341 e. The highest BCUT2D eigenvalue weighted by Gasteiger charge is 2.22. The summed E-state index contributed by atoms with van der Waals surface area (Å²) in [4.78, 5) is 11.9. The maximum Gasteiger partial charge on any atom is 0.341 e. The van der Waals surface area contributed by atoms with Gasteiger partial charge in [0.05, 0.1) is 11.3 Å². The predicted molar refractivity (Wildman–Crippen MR) is 58.6 cm³/mol. The molecule has 0 aliphatic carbocycles. The van der Waals surface area contributed by atoms with E-state index in [1.165, 1.54) is 0 Å². The minimum atomic E-state index is -0.557. The zero-order valence-electron chi connectivity index (χ0n) is 8.83. The molecule has 0 bridgehead atoms. The van der Waals surface area contributed by atoms with Gasteiger partial charge in [-0.2, -0.15) is 5.26 Å². The van der Waals surface area contributed by atoms with Gasteiger partial charge in [0.1, 0.15) is 16.5 Å². The first-order valence-corrected chi connectivity index (χ1v) is 5.23. The number of ether oxygens (including phenoxy) is 1. The van der Waals surface area contributed by atoms with Crippen LogP contribution in [0.3, 0.4) is 0 Å². The van der Waals surface area contributed by atoms with E-state index in [4.69, 9.17) is 15.7 Å². The number of nitrogen functional groups attached to an aromatic ring is 1. The van der Waals surface area contributed by atoms with Gasteiger partial charge in [-0.1, -0.05) is 0 Å². The largest absolute Gasteiger partial charge is 0.456 e. The molecule has 5 heteroatoms. The Kier molecular flexibility index (Phi) is 3.01. The first kappa shape index (κ1) is 11.5. The molecule has 0 radical (unpaired) electrons. The quantitative estimate of drug-likeness (QED) is 0.741. The van der Waals surface area contributed by atoms with Crippen LogP contribution in [0, 0.1) is 11.3 Å². The van der Waals surface area contributed by atoms with Crippen LogP contribution in [-0.4, -0.2) is 11.6 Å². The molecule has 0 atom stereocenters. The zero-order valence-corrected chi connectivity index (χ0v) is 9.64. The van der Waals surface area contributed by atoms with Crippen LogP contribution in [0.5, 0.6) is 0 Å². The summed E-state index contributed by atoms with van der Waals surface area (Å²) in [6.45, 7) is 5.33. The van der Waals surface area contributed by atoms with Gasteiger partial charge in [0.15, 0.2) is 0 Å². The zero-order chi connectivity index (χ0) is 11.6. The van der Waals surface area contributed by atoms with Crippen molar-refractivity contribution in [2.75, 3.05) is 5.73 Å². The second-order valence-corrected chi connectivity index (χ2v) is 4.89. The summed E-state index contributed by atoms with van der Waals surface area (Å²) in [5, 5.41) is 10.2. The number of carbonyl (C=O) groups is 1. The standard InChI is InChI=1S/C10H12N2O2S/c1-10(2,3)14-9(13)6-5-15-7(4-11)8(6)12/h5H,12H2,1-3H3. The molecular weight excluding hydrogens is 212 g/mol. The predicted octanol–water partition coefficient (Wildman–Crippen LogP) is 2.16. The number of carbonyl (C=O) groups excluding carboxylic acids is 1. The van der Waals surface area contributed by atoms with Crippen molar-refractivity contribution in [3.05, 3.63) is 15.8 Å². The third-order valence-electron chi connectivity index (χ3n) is 1.55. The van der Waals surface area contributed by atoms with E-state index in [1.807, 2.05) is 6.07 Å². The summed E-state index contributed by atoms with van der Waals surface area (Å²) in [6.07, 6.45) is 0. The van der Waals surface area contributed by atoms with Gasteiger partial charge in [-0.3, -0.25) is 0 Å². The first-order chi connectivity index (χ1) is 6.85. The van der Waals surface area contributed by atoms with Crippen LogP contribution in [0.15, 0.2) is 5.38 Å². The van der Waals surface area contributed by atoms with Crippen LogP contribution >= 0.6 is 11.3 Å². The Labute approximate surface area is 92.3 Å². The molecular formula is C10H12N2O2S. The molecule has 15 heavy (non-hydrogen) atoms. The van der Waals surface area contributed by atoms with Crippen molar-refractivity contribution in [2.45, 2.75) is 26.4 Å². The Bertz CT molecular complexity index is 424. The number of thiophene rings is 1. The monoisotopic (exact) mass is 224 g/mol. The normalized spacial score (nSPS) is 10.8. The van der Waals surface area contributed by atoms with Crippen LogP contribution in [-0.2, 0) is 4.74 Å². The fraction of sp³-hybridized carbons (Fsp3) is 0.400. The highest BCUT2D eigenvalue weighted by atomic mass is 32.1. The third kappa shape index (κ3) is 2.70. The molecule has 1 aromatic heterocycles. The molecule has 0 amide bonds. The van der Waals surface area contributed by atoms with Gasteiger partial charge in [0.2, 0.25) is 0 Å². The molecule has 2 N–H and O–H groups in total. The molecule has 0 aromatic carbocycles. The van der Waals surface area contributed by atoms with Gasteiger partial charge in [0, 0.05) is 5.38 Å². The number of nitriles is 1. The number of nitrogens with zero attached hydrogens (tertiary/aromatic N) is 1. The Morgan fingerprint density at radius 3 is 2.60 bits per heavy atom. The average Bonchev–Trinajstić information content (AvgIpc) is 2.43. The van der Waals surface area contributed by atoms with Crippen LogP contribution < -0.4 is 5.73 Å². The van der Waals surface area contributed by atoms with Gasteiger partial charge in [-0.05, 0) is 20.8 Å². The van der Waals surface area contributed by atoms with E-state index >= 15 is 0 Å². The van der Waals surface area contributed by atoms with Gasteiger partial charge < -0.3 is 10.5 Å². The second-order valence-electron chi connectivity index (χ2n) is 4.01. The third-order valence-corrected chi connectivity index (χ3v) is 2.45. The molecule has 0 fully saturated rings. The van der Waals surface area contributed by atoms with Crippen molar-refractivity contribution in [3.63, 3.8) is 0 Å². The minimum absolute atomic E-state index is 0.205. The number of anilines is 1. The van der Waals surface area contributed by atoms with Crippen LogP contribution in [0.2, 0.25) is 0 Å². The Morgan fingerprint density at radius 1 is 1.60 bits per heavy atom. The van der Waals surface area contributed by atoms with Crippen molar-refractivity contribution in [1.82, 2.24) is 0 Å². The Balaban J connectivity index is 2.94. The fourth-order valence-corrected chi connectivity index (χ4v) is 1.69. The summed E-state index contributed by atoms with van der Waals surface area (Å²) in [7, 11) is 0. The molecule has 4 nitrogen and oxygen atoms in total. The summed E-state index contributed by atoms with van der Waals surface area (Å²) >= 11 is 1.14. The van der Waals surface area contributed by atoms with Crippen molar-refractivity contribution in [1.29, 1.82) is 5.26 Å². The van der Waals surface area contributed by atoms with Crippen molar-refractivity contribution in [3.8, 4) is 6.07 Å². The number of esters is 1. The minimum Gasteiger partial charge on any atom is -0.456 e.